The van der Waals surface area contributed by atoms with Crippen molar-refractivity contribution < 1.29 is 29.3 Å². The molecule has 26 heavy (non-hydrogen) atoms. The van der Waals surface area contributed by atoms with Crippen molar-refractivity contribution in [1.29, 1.82) is 0 Å². The number of carbonyl (C=O) groups is 2. The summed E-state index contributed by atoms with van der Waals surface area (Å²) in [4.78, 5) is 37.4. The van der Waals surface area contributed by atoms with E-state index in [0.717, 1.165) is 0 Å². The molecule has 138 valence electrons. The number of H-pyrrole nitrogens is 1. The number of anilines is 1. The average molecular weight is 362 g/mol. The topological polar surface area (TPSA) is 152 Å². The number of aromatic carboxylic acids is 2. The van der Waals surface area contributed by atoms with Crippen LogP contribution in [0.3, 0.4) is 0 Å². The second-order valence-electron chi connectivity index (χ2n) is 5.27. The Hall–Kier alpha value is -3.33. The van der Waals surface area contributed by atoms with Gasteiger partial charge in [0.15, 0.2) is 0 Å². The van der Waals surface area contributed by atoms with Gasteiger partial charge in [0, 0.05) is 17.7 Å². The lowest BCUT2D eigenvalue weighted by Crippen LogP contribution is -2.24. The van der Waals surface area contributed by atoms with Crippen LogP contribution in [-0.4, -0.2) is 40.9 Å². The number of hydrogen-bond donors (Lipinski definition) is 4. The fourth-order valence-electron chi connectivity index (χ4n) is 2.59. The Morgan fingerprint density at radius 3 is 2.38 bits per heavy atom. The Morgan fingerprint density at radius 2 is 1.85 bits per heavy atom. The molecule has 5 N–H and O–H groups in total. The molecule has 0 aliphatic heterocycles. The third-order valence-electron chi connectivity index (χ3n) is 3.70. The molecular formula is C17H18N2O7. The Kier molecular flexibility index (Phi) is 5.63. The summed E-state index contributed by atoms with van der Waals surface area (Å²) in [6, 6.07) is 4.52. The maximum Gasteiger partial charge on any atom is 0.342 e. The number of pyridine rings is 1. The maximum absolute atomic E-state index is 12.1. The van der Waals surface area contributed by atoms with Gasteiger partial charge in [-0.1, -0.05) is 6.07 Å². The van der Waals surface area contributed by atoms with Crippen molar-refractivity contribution >= 4 is 17.8 Å². The molecular weight excluding hydrogens is 344 g/mol. The number of hydrogen-bond acceptors (Lipinski definition) is 6. The number of methoxy groups -OCH3 is 1. The number of nitrogens with one attached hydrogen (secondary N) is 1. The predicted molar refractivity (Wildman–Crippen MR) is 92.7 cm³/mol. The van der Waals surface area contributed by atoms with E-state index in [9.17, 15) is 24.6 Å². The third-order valence-corrected chi connectivity index (χ3v) is 3.70. The summed E-state index contributed by atoms with van der Waals surface area (Å²) < 4.78 is 10.6. The smallest absolute Gasteiger partial charge is 0.342 e. The van der Waals surface area contributed by atoms with Crippen molar-refractivity contribution in [2.45, 2.75) is 13.5 Å². The zero-order valence-electron chi connectivity index (χ0n) is 14.2. The van der Waals surface area contributed by atoms with Crippen LogP contribution >= 0.6 is 0 Å². The van der Waals surface area contributed by atoms with E-state index in [2.05, 4.69) is 4.98 Å². The van der Waals surface area contributed by atoms with Gasteiger partial charge >= 0.3 is 11.9 Å². The van der Waals surface area contributed by atoms with Crippen LogP contribution in [0.15, 0.2) is 23.0 Å². The highest BCUT2D eigenvalue weighted by atomic mass is 16.5. The van der Waals surface area contributed by atoms with E-state index in [1.807, 2.05) is 0 Å². The number of rotatable bonds is 7. The molecule has 0 unspecified atom stereocenters. The zero-order chi connectivity index (χ0) is 19.4. The second-order valence-corrected chi connectivity index (χ2v) is 5.27. The lowest BCUT2D eigenvalue weighted by molar-refractivity contribution is 0.0695. The van der Waals surface area contributed by atoms with E-state index in [1.54, 1.807) is 13.0 Å². The van der Waals surface area contributed by atoms with Crippen molar-refractivity contribution in [1.82, 2.24) is 4.98 Å². The first kappa shape index (κ1) is 19.0. The highest BCUT2D eigenvalue weighted by molar-refractivity contribution is 6.07. The van der Waals surface area contributed by atoms with Crippen LogP contribution in [0.1, 0.15) is 33.2 Å². The summed E-state index contributed by atoms with van der Waals surface area (Å²) in [5.74, 6) is -2.97. The van der Waals surface area contributed by atoms with Gasteiger partial charge in [-0.05, 0) is 24.6 Å². The Morgan fingerprint density at radius 1 is 1.19 bits per heavy atom. The molecule has 0 saturated carbocycles. The molecule has 0 aliphatic carbocycles. The summed E-state index contributed by atoms with van der Waals surface area (Å²) in [7, 11) is 1.46. The molecule has 0 aliphatic rings. The van der Waals surface area contributed by atoms with E-state index in [1.165, 1.54) is 19.2 Å². The lowest BCUT2D eigenvalue weighted by atomic mass is 9.94. The highest BCUT2D eigenvalue weighted by Gasteiger charge is 2.27. The van der Waals surface area contributed by atoms with E-state index >= 15 is 0 Å². The fourth-order valence-corrected chi connectivity index (χ4v) is 2.59. The van der Waals surface area contributed by atoms with Gasteiger partial charge in [0.05, 0.1) is 13.7 Å². The molecule has 0 amide bonds. The van der Waals surface area contributed by atoms with Crippen LogP contribution in [0, 0.1) is 0 Å². The molecule has 0 saturated heterocycles. The number of aromatic amines is 1. The van der Waals surface area contributed by atoms with Crippen molar-refractivity contribution in [2.24, 2.45) is 0 Å². The first-order chi connectivity index (χ1) is 12.3. The quantitative estimate of drug-likeness (QED) is 0.579. The number of ether oxygens (including phenoxy) is 2. The molecule has 0 atom stereocenters. The van der Waals surface area contributed by atoms with Crippen LogP contribution < -0.4 is 16.0 Å². The van der Waals surface area contributed by atoms with Crippen molar-refractivity contribution in [3.63, 3.8) is 0 Å². The molecule has 9 heteroatoms. The van der Waals surface area contributed by atoms with E-state index in [4.69, 9.17) is 15.2 Å². The highest BCUT2D eigenvalue weighted by Crippen LogP contribution is 2.32. The minimum absolute atomic E-state index is 0.164. The third kappa shape index (κ3) is 3.52. The molecule has 2 rings (SSSR count). The number of nitrogens with two attached hydrogens (primary N) is 1. The monoisotopic (exact) mass is 362 g/mol. The molecule has 0 fully saturated rings. The van der Waals surface area contributed by atoms with Crippen molar-refractivity contribution in [3.8, 4) is 16.9 Å². The number of aromatic nitrogens is 1. The van der Waals surface area contributed by atoms with Crippen LogP contribution in [0.5, 0.6) is 5.75 Å². The van der Waals surface area contributed by atoms with Crippen molar-refractivity contribution in [3.05, 3.63) is 45.2 Å². The molecule has 2 aromatic rings. The summed E-state index contributed by atoms with van der Waals surface area (Å²) in [6.07, 6.45) is 0. The number of carboxylic acids is 2. The van der Waals surface area contributed by atoms with Gasteiger partial charge in [-0.25, -0.2) is 9.59 Å². The average Bonchev–Trinajstić information content (AvgIpc) is 2.58. The Balaban J connectivity index is 2.84. The number of nitrogen functional groups attached to an aromatic ring is 1. The van der Waals surface area contributed by atoms with E-state index in [-0.39, 0.29) is 17.7 Å². The van der Waals surface area contributed by atoms with Gasteiger partial charge < -0.3 is 30.4 Å². The molecule has 0 bridgehead atoms. The van der Waals surface area contributed by atoms with Gasteiger partial charge in [-0.3, -0.25) is 4.79 Å². The fraction of sp³-hybridized carbons (Fsp3) is 0.235. The molecule has 0 radical (unpaired) electrons. The first-order valence-corrected chi connectivity index (χ1v) is 7.59. The molecule has 1 heterocycles. The van der Waals surface area contributed by atoms with Crippen LogP contribution in [0.25, 0.3) is 11.1 Å². The molecule has 0 spiro atoms. The van der Waals surface area contributed by atoms with Crippen LogP contribution in [0.2, 0.25) is 0 Å². The largest absolute Gasteiger partial charge is 0.496 e. The van der Waals surface area contributed by atoms with E-state index in [0.29, 0.717) is 17.9 Å². The van der Waals surface area contributed by atoms with Crippen LogP contribution in [0.4, 0.5) is 5.82 Å². The van der Waals surface area contributed by atoms with Crippen molar-refractivity contribution in [2.75, 3.05) is 19.5 Å². The predicted octanol–water partition coefficient (Wildman–Crippen LogP) is 1.57. The summed E-state index contributed by atoms with van der Waals surface area (Å²) in [6.45, 7) is 2.40. The SMILES string of the molecule is CCOCc1cc(-c2c(C(=O)O)c(N)[nH]c(=O)c2C(=O)O)ccc1OC. The Bertz CT molecular complexity index is 918. The number of benzene rings is 1. The van der Waals surface area contributed by atoms with Gasteiger partial charge in [-0.15, -0.1) is 0 Å². The lowest BCUT2D eigenvalue weighted by Gasteiger charge is -2.15. The van der Waals surface area contributed by atoms with Gasteiger partial charge in [0.1, 0.15) is 22.7 Å². The maximum atomic E-state index is 12.1. The molecule has 1 aromatic carbocycles. The summed E-state index contributed by atoms with van der Waals surface area (Å²) >= 11 is 0. The van der Waals surface area contributed by atoms with Gasteiger partial charge in [0.25, 0.3) is 5.56 Å². The second kappa shape index (κ2) is 7.70. The van der Waals surface area contributed by atoms with Gasteiger partial charge in [-0.2, -0.15) is 0 Å². The minimum atomic E-state index is -1.56. The minimum Gasteiger partial charge on any atom is -0.496 e. The standard InChI is InChI=1S/C17H18N2O7/c1-3-26-7-9-6-8(4-5-10(9)25-2)11-12(16(21)22)14(18)19-15(20)13(11)17(23)24/h4-6H,3,7H2,1-2H3,(H,21,22)(H,23,24)(H3,18,19,20). The first-order valence-electron chi connectivity index (χ1n) is 7.59. The summed E-state index contributed by atoms with van der Waals surface area (Å²) in [5, 5.41) is 18.9. The molecule has 9 nitrogen and oxygen atoms in total. The normalized spacial score (nSPS) is 10.5. The molecule has 1 aromatic heterocycles. The zero-order valence-corrected chi connectivity index (χ0v) is 14.2. The summed E-state index contributed by atoms with van der Waals surface area (Å²) in [5.41, 5.74) is 3.94. The number of carboxylic acid groups (broad SMARTS) is 2. The Labute approximate surface area is 148 Å². The van der Waals surface area contributed by atoms with E-state index < -0.39 is 34.4 Å². The van der Waals surface area contributed by atoms with Crippen LogP contribution in [-0.2, 0) is 11.3 Å². The van der Waals surface area contributed by atoms with Gasteiger partial charge in [0.2, 0.25) is 0 Å².